The summed E-state index contributed by atoms with van der Waals surface area (Å²) >= 11 is 0. The minimum Gasteiger partial charge on any atom is -0.324 e. The molecule has 2 heterocycles. The summed E-state index contributed by atoms with van der Waals surface area (Å²) in [5.74, 6) is -2.00. The van der Waals surface area contributed by atoms with Gasteiger partial charge in [0.15, 0.2) is 11.6 Å². The summed E-state index contributed by atoms with van der Waals surface area (Å²) in [5.41, 5.74) is -0.324. The van der Waals surface area contributed by atoms with E-state index in [1.165, 1.54) is 11.1 Å². The number of halogens is 2. The van der Waals surface area contributed by atoms with Crippen molar-refractivity contribution in [3.05, 3.63) is 29.8 Å². The Morgan fingerprint density at radius 3 is 2.58 bits per heavy atom. The molecule has 0 saturated carbocycles. The average Bonchev–Trinajstić information content (AvgIpc) is 2.87. The lowest BCUT2D eigenvalue weighted by atomic mass is 9.89. The van der Waals surface area contributed by atoms with Crippen molar-refractivity contribution < 1.29 is 23.2 Å². The average molecular weight is 339 g/mol. The van der Waals surface area contributed by atoms with Gasteiger partial charge in [0, 0.05) is 31.4 Å². The molecule has 2 aliphatic rings. The van der Waals surface area contributed by atoms with Crippen molar-refractivity contribution in [3.63, 3.8) is 0 Å². The van der Waals surface area contributed by atoms with Gasteiger partial charge in [0.1, 0.15) is 5.60 Å². The van der Waals surface area contributed by atoms with E-state index in [1.807, 2.05) is 6.92 Å². The second kappa shape index (κ2) is 6.35. The fourth-order valence-corrected chi connectivity index (χ4v) is 3.08. The number of nitrogens with one attached hydrogen (secondary N) is 1. The first-order valence-corrected chi connectivity index (χ1v) is 7.93. The van der Waals surface area contributed by atoms with Gasteiger partial charge >= 0.3 is 6.03 Å². The maximum absolute atomic E-state index is 13.2. The predicted octanol–water partition coefficient (Wildman–Crippen LogP) is 2.52. The van der Waals surface area contributed by atoms with Crippen LogP contribution in [0.1, 0.15) is 26.2 Å². The van der Waals surface area contributed by atoms with Crippen molar-refractivity contribution >= 4 is 17.6 Å². The number of piperidine rings is 1. The zero-order valence-electron chi connectivity index (χ0n) is 13.3. The summed E-state index contributed by atoms with van der Waals surface area (Å²) in [6.07, 6.45) is 1.44. The Morgan fingerprint density at radius 1 is 1.29 bits per heavy atom. The van der Waals surface area contributed by atoms with Gasteiger partial charge in [0.05, 0.1) is 6.42 Å². The van der Waals surface area contributed by atoms with E-state index in [0.29, 0.717) is 38.9 Å². The lowest BCUT2D eigenvalue weighted by Crippen LogP contribution is -2.48. The van der Waals surface area contributed by atoms with Crippen LogP contribution in [0.25, 0.3) is 0 Å². The first kappa shape index (κ1) is 16.6. The van der Waals surface area contributed by atoms with E-state index >= 15 is 0 Å². The first-order chi connectivity index (χ1) is 11.4. The summed E-state index contributed by atoms with van der Waals surface area (Å²) in [7, 11) is 0. The van der Waals surface area contributed by atoms with Gasteiger partial charge in [-0.05, 0) is 31.9 Å². The maximum Gasteiger partial charge on any atom is 0.321 e. The van der Waals surface area contributed by atoms with E-state index in [0.717, 1.165) is 12.1 Å². The number of hydrogen-bond donors (Lipinski definition) is 1. The van der Waals surface area contributed by atoms with Gasteiger partial charge in [-0.1, -0.05) is 0 Å². The van der Waals surface area contributed by atoms with Crippen LogP contribution in [-0.2, 0) is 9.63 Å². The molecular formula is C16H19F2N3O3. The summed E-state index contributed by atoms with van der Waals surface area (Å²) in [6, 6.07) is 2.83. The molecule has 2 saturated heterocycles. The van der Waals surface area contributed by atoms with Crippen molar-refractivity contribution in [1.82, 2.24) is 9.96 Å². The molecule has 3 rings (SSSR count). The summed E-state index contributed by atoms with van der Waals surface area (Å²) in [6.45, 7) is 3.21. The highest BCUT2D eigenvalue weighted by Crippen LogP contribution is 2.36. The fraction of sp³-hybridized carbons (Fsp3) is 0.500. The smallest absolute Gasteiger partial charge is 0.321 e. The predicted molar refractivity (Wildman–Crippen MR) is 82.0 cm³/mol. The molecule has 1 aromatic rings. The lowest BCUT2D eigenvalue weighted by molar-refractivity contribution is -0.206. The molecule has 0 radical (unpaired) electrons. The molecule has 1 spiro atoms. The number of urea groups is 1. The van der Waals surface area contributed by atoms with E-state index in [2.05, 4.69) is 5.32 Å². The third-order valence-corrected chi connectivity index (χ3v) is 4.48. The van der Waals surface area contributed by atoms with Crippen LogP contribution in [0.2, 0.25) is 0 Å². The number of amides is 3. The van der Waals surface area contributed by atoms with Gasteiger partial charge in [-0.3, -0.25) is 9.63 Å². The number of rotatable bonds is 2. The van der Waals surface area contributed by atoms with Crippen LogP contribution in [0.4, 0.5) is 19.3 Å². The van der Waals surface area contributed by atoms with Crippen molar-refractivity contribution in [2.75, 3.05) is 25.0 Å². The minimum absolute atomic E-state index is 0.0304. The molecule has 3 amide bonds. The molecule has 2 fully saturated rings. The van der Waals surface area contributed by atoms with Crippen LogP contribution < -0.4 is 5.32 Å². The molecular weight excluding hydrogens is 320 g/mol. The monoisotopic (exact) mass is 339 g/mol. The highest BCUT2D eigenvalue weighted by molar-refractivity contribution is 5.89. The van der Waals surface area contributed by atoms with E-state index in [9.17, 15) is 18.4 Å². The quantitative estimate of drug-likeness (QED) is 0.901. The molecule has 0 unspecified atom stereocenters. The Labute approximate surface area is 138 Å². The number of anilines is 1. The van der Waals surface area contributed by atoms with Crippen molar-refractivity contribution in [2.24, 2.45) is 0 Å². The second-order valence-corrected chi connectivity index (χ2v) is 6.09. The normalized spacial score (nSPS) is 19.9. The minimum atomic E-state index is -1.01. The molecule has 1 aromatic carbocycles. The Bertz CT molecular complexity index is 660. The summed E-state index contributed by atoms with van der Waals surface area (Å²) in [5, 5.41) is 3.92. The molecule has 0 aliphatic carbocycles. The number of nitrogens with zero attached hydrogens (tertiary/aromatic N) is 2. The Kier molecular flexibility index (Phi) is 4.40. The van der Waals surface area contributed by atoms with Crippen LogP contribution in [0, 0.1) is 11.6 Å². The standard InChI is InChI=1S/C16H19F2N3O3/c1-2-21-14(22)10-16(24-21)5-7-20(8-6-16)15(23)19-11-3-4-12(17)13(18)9-11/h3-4,9H,2,5-8,10H2,1H3,(H,19,23). The molecule has 8 heteroatoms. The SMILES string of the molecule is CCN1OC2(CCN(C(=O)Nc3ccc(F)c(F)c3)CC2)CC1=O. The van der Waals surface area contributed by atoms with Gasteiger partial charge in [-0.25, -0.2) is 18.6 Å². The second-order valence-electron chi connectivity index (χ2n) is 6.09. The number of benzene rings is 1. The topological polar surface area (TPSA) is 61.9 Å². The highest BCUT2D eigenvalue weighted by Gasteiger charge is 2.46. The van der Waals surface area contributed by atoms with Crippen LogP contribution in [-0.4, -0.2) is 47.1 Å². The Morgan fingerprint density at radius 2 is 2.00 bits per heavy atom. The first-order valence-electron chi connectivity index (χ1n) is 7.93. The molecule has 6 nitrogen and oxygen atoms in total. The van der Waals surface area contributed by atoms with Crippen LogP contribution >= 0.6 is 0 Å². The summed E-state index contributed by atoms with van der Waals surface area (Å²) in [4.78, 5) is 31.4. The maximum atomic E-state index is 13.2. The molecule has 0 aromatic heterocycles. The van der Waals surface area contributed by atoms with Gasteiger partial charge in [-0.15, -0.1) is 0 Å². The van der Waals surface area contributed by atoms with Crippen molar-refractivity contribution in [1.29, 1.82) is 0 Å². The molecule has 24 heavy (non-hydrogen) atoms. The lowest BCUT2D eigenvalue weighted by Gasteiger charge is -2.37. The molecule has 130 valence electrons. The van der Waals surface area contributed by atoms with E-state index in [-0.39, 0.29) is 17.6 Å². The largest absolute Gasteiger partial charge is 0.324 e. The van der Waals surface area contributed by atoms with Crippen LogP contribution in [0.3, 0.4) is 0 Å². The number of carbonyl (C=O) groups is 2. The van der Waals surface area contributed by atoms with E-state index in [1.54, 1.807) is 4.90 Å². The highest BCUT2D eigenvalue weighted by atomic mass is 19.2. The van der Waals surface area contributed by atoms with Crippen LogP contribution in [0.15, 0.2) is 18.2 Å². The van der Waals surface area contributed by atoms with Crippen molar-refractivity contribution in [3.8, 4) is 0 Å². The molecule has 1 N–H and O–H groups in total. The molecule has 0 atom stereocenters. The Hall–Kier alpha value is -2.22. The van der Waals surface area contributed by atoms with Gasteiger partial charge < -0.3 is 10.2 Å². The zero-order chi connectivity index (χ0) is 17.3. The van der Waals surface area contributed by atoms with E-state index < -0.39 is 17.2 Å². The Balaban J connectivity index is 1.57. The summed E-state index contributed by atoms with van der Waals surface area (Å²) < 4.78 is 26.1. The molecule has 0 bridgehead atoms. The van der Waals surface area contributed by atoms with Crippen molar-refractivity contribution in [2.45, 2.75) is 31.8 Å². The fourth-order valence-electron chi connectivity index (χ4n) is 3.08. The number of carbonyl (C=O) groups excluding carboxylic acids is 2. The van der Waals surface area contributed by atoms with Gasteiger partial charge in [0.2, 0.25) is 5.91 Å². The number of likely N-dealkylation sites (tertiary alicyclic amines) is 1. The van der Waals surface area contributed by atoms with Crippen LogP contribution in [0.5, 0.6) is 0 Å². The third-order valence-electron chi connectivity index (χ3n) is 4.48. The van der Waals surface area contributed by atoms with Gasteiger partial charge in [-0.2, -0.15) is 0 Å². The zero-order valence-corrected chi connectivity index (χ0v) is 13.3. The number of hydrogen-bond acceptors (Lipinski definition) is 3. The van der Waals surface area contributed by atoms with E-state index in [4.69, 9.17) is 4.84 Å². The third kappa shape index (κ3) is 3.19. The van der Waals surface area contributed by atoms with Gasteiger partial charge in [0.25, 0.3) is 0 Å². The molecule has 2 aliphatic heterocycles. The number of hydroxylamine groups is 2.